The van der Waals surface area contributed by atoms with E-state index in [1.54, 1.807) is 31.4 Å². The number of ether oxygens (including phenoxy) is 1. The second-order valence-corrected chi connectivity index (χ2v) is 5.66. The molecule has 0 spiro atoms. The molecule has 0 saturated carbocycles. The molecule has 0 aliphatic heterocycles. The lowest BCUT2D eigenvalue weighted by Crippen LogP contribution is -2.20. The van der Waals surface area contributed by atoms with Gasteiger partial charge in [0.25, 0.3) is 0 Å². The first-order valence-electron chi connectivity index (χ1n) is 4.49. The predicted octanol–water partition coefficient (Wildman–Crippen LogP) is 0.740. The fourth-order valence-electron chi connectivity index (χ4n) is 1.29. The maximum atomic E-state index is 11.1. The van der Waals surface area contributed by atoms with Crippen LogP contribution in [0.1, 0.15) is 11.6 Å². The topological polar surface area (TPSA) is 69.4 Å². The van der Waals surface area contributed by atoms with Crippen molar-refractivity contribution in [2.24, 2.45) is 5.73 Å². The fraction of sp³-hybridized carbons (Fsp3) is 0.400. The molecule has 0 radical (unpaired) electrons. The second kappa shape index (κ2) is 4.63. The number of nitrogens with two attached hydrogens (primary N) is 1. The van der Waals surface area contributed by atoms with E-state index >= 15 is 0 Å². The first kappa shape index (κ1) is 12.0. The van der Waals surface area contributed by atoms with E-state index in [1.807, 2.05) is 0 Å². The molecule has 0 fully saturated rings. The minimum atomic E-state index is -3.06. The monoisotopic (exact) mass is 229 g/mol. The molecule has 1 aromatic carbocycles. The van der Waals surface area contributed by atoms with E-state index in [0.717, 1.165) is 5.56 Å². The summed E-state index contributed by atoms with van der Waals surface area (Å²) in [5, 5.41) is 0. The fourth-order valence-corrected chi connectivity index (χ4v) is 2.14. The van der Waals surface area contributed by atoms with Crippen molar-refractivity contribution in [2.75, 3.05) is 19.1 Å². The van der Waals surface area contributed by atoms with Crippen LogP contribution in [0.15, 0.2) is 24.3 Å². The molecule has 1 aromatic rings. The van der Waals surface area contributed by atoms with Crippen molar-refractivity contribution in [3.05, 3.63) is 29.8 Å². The van der Waals surface area contributed by atoms with Gasteiger partial charge >= 0.3 is 0 Å². The van der Waals surface area contributed by atoms with Crippen LogP contribution in [0, 0.1) is 0 Å². The molecular formula is C10H15NO3S. The van der Waals surface area contributed by atoms with E-state index in [2.05, 4.69) is 0 Å². The summed E-state index contributed by atoms with van der Waals surface area (Å²) in [4.78, 5) is 0. The van der Waals surface area contributed by atoms with Gasteiger partial charge in [0.15, 0.2) is 0 Å². The number of rotatable bonds is 4. The third kappa shape index (κ3) is 3.89. The number of hydrogen-bond donors (Lipinski definition) is 1. The Hall–Kier alpha value is -1.07. The molecule has 0 bridgehead atoms. The number of benzene rings is 1. The Kier molecular flexibility index (Phi) is 3.71. The highest BCUT2D eigenvalue weighted by Gasteiger charge is 2.13. The SMILES string of the molecule is COc1cccc(C(N)CS(C)(=O)=O)c1. The molecule has 15 heavy (non-hydrogen) atoms. The van der Waals surface area contributed by atoms with Gasteiger partial charge in [0.05, 0.1) is 12.9 Å². The van der Waals surface area contributed by atoms with Crippen LogP contribution in [0.25, 0.3) is 0 Å². The highest BCUT2D eigenvalue weighted by Crippen LogP contribution is 2.18. The average Bonchev–Trinajstić information content (AvgIpc) is 2.15. The van der Waals surface area contributed by atoms with Crippen molar-refractivity contribution in [1.29, 1.82) is 0 Å². The molecule has 0 heterocycles. The second-order valence-electron chi connectivity index (χ2n) is 3.48. The molecule has 0 aromatic heterocycles. The van der Waals surface area contributed by atoms with Crippen LogP contribution in [0.4, 0.5) is 0 Å². The van der Waals surface area contributed by atoms with Gasteiger partial charge in [-0.15, -0.1) is 0 Å². The summed E-state index contributed by atoms with van der Waals surface area (Å²) in [6.45, 7) is 0. The Morgan fingerprint density at radius 1 is 1.47 bits per heavy atom. The van der Waals surface area contributed by atoms with E-state index in [1.165, 1.54) is 6.26 Å². The summed E-state index contributed by atoms with van der Waals surface area (Å²) in [5.74, 6) is 0.622. The number of methoxy groups -OCH3 is 1. The lowest BCUT2D eigenvalue weighted by atomic mass is 10.1. The molecular weight excluding hydrogens is 214 g/mol. The van der Waals surface area contributed by atoms with Crippen LogP contribution in [0.3, 0.4) is 0 Å². The van der Waals surface area contributed by atoms with Gasteiger partial charge in [-0.2, -0.15) is 0 Å². The Bertz CT molecular complexity index is 428. The van der Waals surface area contributed by atoms with Crippen molar-refractivity contribution in [3.8, 4) is 5.75 Å². The summed E-state index contributed by atoms with van der Waals surface area (Å²) in [7, 11) is -1.50. The van der Waals surface area contributed by atoms with Crippen molar-refractivity contribution in [2.45, 2.75) is 6.04 Å². The number of hydrogen-bond acceptors (Lipinski definition) is 4. The van der Waals surface area contributed by atoms with Crippen LogP contribution in [0.5, 0.6) is 5.75 Å². The van der Waals surface area contributed by atoms with Crippen molar-refractivity contribution in [1.82, 2.24) is 0 Å². The predicted molar refractivity (Wildman–Crippen MR) is 59.6 cm³/mol. The Labute approximate surface area is 90.0 Å². The molecule has 0 aliphatic carbocycles. The standard InChI is InChI=1S/C10H15NO3S/c1-14-9-5-3-4-8(6-9)10(11)7-15(2,12)13/h3-6,10H,7,11H2,1-2H3. The van der Waals surface area contributed by atoms with E-state index in [4.69, 9.17) is 10.5 Å². The van der Waals surface area contributed by atoms with Crippen LogP contribution < -0.4 is 10.5 Å². The normalized spacial score (nSPS) is 13.5. The summed E-state index contributed by atoms with van der Waals surface area (Å²) in [6, 6.07) is 6.61. The molecule has 1 unspecified atom stereocenters. The van der Waals surface area contributed by atoms with Crippen molar-refractivity contribution >= 4 is 9.84 Å². The van der Waals surface area contributed by atoms with E-state index in [0.29, 0.717) is 5.75 Å². The molecule has 2 N–H and O–H groups in total. The van der Waals surface area contributed by atoms with Gasteiger partial charge in [-0.25, -0.2) is 8.42 Å². The third-order valence-corrected chi connectivity index (χ3v) is 2.97. The quantitative estimate of drug-likeness (QED) is 0.826. The molecule has 4 nitrogen and oxygen atoms in total. The van der Waals surface area contributed by atoms with Crippen LogP contribution >= 0.6 is 0 Å². The zero-order valence-electron chi connectivity index (χ0n) is 8.80. The molecule has 0 amide bonds. The van der Waals surface area contributed by atoms with Gasteiger partial charge in [-0.3, -0.25) is 0 Å². The Morgan fingerprint density at radius 3 is 2.67 bits per heavy atom. The smallest absolute Gasteiger partial charge is 0.149 e. The van der Waals surface area contributed by atoms with Crippen LogP contribution in [-0.4, -0.2) is 27.5 Å². The first-order chi connectivity index (χ1) is 6.92. The summed E-state index contributed by atoms with van der Waals surface area (Å²) in [6.07, 6.45) is 1.17. The summed E-state index contributed by atoms with van der Waals surface area (Å²) < 4.78 is 27.1. The molecule has 1 rings (SSSR count). The van der Waals surface area contributed by atoms with Crippen molar-refractivity contribution in [3.63, 3.8) is 0 Å². The zero-order valence-corrected chi connectivity index (χ0v) is 9.62. The average molecular weight is 229 g/mol. The largest absolute Gasteiger partial charge is 0.497 e. The number of sulfone groups is 1. The van der Waals surface area contributed by atoms with Crippen LogP contribution in [0.2, 0.25) is 0 Å². The van der Waals surface area contributed by atoms with Gasteiger partial charge in [0, 0.05) is 12.3 Å². The van der Waals surface area contributed by atoms with Gasteiger partial charge in [-0.05, 0) is 17.7 Å². The Balaban J connectivity index is 2.86. The lowest BCUT2D eigenvalue weighted by Gasteiger charge is -2.11. The molecule has 84 valence electrons. The van der Waals surface area contributed by atoms with Gasteiger partial charge in [0.2, 0.25) is 0 Å². The molecule has 1 atom stereocenters. The highest BCUT2D eigenvalue weighted by molar-refractivity contribution is 7.90. The third-order valence-electron chi connectivity index (χ3n) is 2.00. The molecule has 5 heteroatoms. The molecule has 0 saturated heterocycles. The maximum absolute atomic E-state index is 11.1. The zero-order chi connectivity index (χ0) is 11.5. The van der Waals surface area contributed by atoms with Gasteiger partial charge < -0.3 is 10.5 Å². The highest BCUT2D eigenvalue weighted by atomic mass is 32.2. The minimum absolute atomic E-state index is 0.0554. The van der Waals surface area contributed by atoms with Crippen molar-refractivity contribution < 1.29 is 13.2 Å². The van der Waals surface area contributed by atoms with E-state index < -0.39 is 15.9 Å². The van der Waals surface area contributed by atoms with E-state index in [9.17, 15) is 8.42 Å². The summed E-state index contributed by atoms with van der Waals surface area (Å²) in [5.41, 5.74) is 6.53. The lowest BCUT2D eigenvalue weighted by molar-refractivity contribution is 0.414. The maximum Gasteiger partial charge on any atom is 0.149 e. The minimum Gasteiger partial charge on any atom is -0.497 e. The van der Waals surface area contributed by atoms with E-state index in [-0.39, 0.29) is 5.75 Å². The summed E-state index contributed by atoms with van der Waals surface area (Å²) >= 11 is 0. The Morgan fingerprint density at radius 2 is 2.13 bits per heavy atom. The van der Waals surface area contributed by atoms with Crippen LogP contribution in [-0.2, 0) is 9.84 Å². The van der Waals surface area contributed by atoms with Gasteiger partial charge in [-0.1, -0.05) is 12.1 Å². The van der Waals surface area contributed by atoms with Gasteiger partial charge in [0.1, 0.15) is 15.6 Å². The first-order valence-corrected chi connectivity index (χ1v) is 6.55. The molecule has 0 aliphatic rings.